The van der Waals surface area contributed by atoms with E-state index < -0.39 is 0 Å². The number of nitrogens with two attached hydrogens (primary N) is 1. The Bertz CT molecular complexity index is 1090. The van der Waals surface area contributed by atoms with Crippen molar-refractivity contribution in [2.75, 3.05) is 23.7 Å². The smallest absolute Gasteiger partial charge is 0.259 e. The third-order valence-corrected chi connectivity index (χ3v) is 5.48. The van der Waals surface area contributed by atoms with Crippen molar-refractivity contribution < 1.29 is 9.53 Å². The number of nitrogen functional groups attached to an aromatic ring is 1. The van der Waals surface area contributed by atoms with E-state index in [2.05, 4.69) is 42.2 Å². The number of hydrogen-bond donors (Lipinski definition) is 2. The van der Waals surface area contributed by atoms with E-state index in [1.807, 2.05) is 19.1 Å². The van der Waals surface area contributed by atoms with Gasteiger partial charge in [0.15, 0.2) is 11.5 Å². The van der Waals surface area contributed by atoms with Crippen LogP contribution in [0.2, 0.25) is 0 Å². The van der Waals surface area contributed by atoms with Crippen LogP contribution in [0.4, 0.5) is 11.6 Å². The van der Waals surface area contributed by atoms with Crippen LogP contribution in [0.5, 0.6) is 5.75 Å². The monoisotopic (exact) mass is 394 g/mol. The number of hydrogen-bond acceptors (Lipinski definition) is 6. The van der Waals surface area contributed by atoms with Crippen LogP contribution in [-0.4, -0.2) is 39.7 Å². The third kappa shape index (κ3) is 3.35. The fraction of sp³-hybridized carbons (Fsp3) is 0.381. The van der Waals surface area contributed by atoms with Gasteiger partial charge in [-0.15, -0.1) is 5.10 Å². The summed E-state index contributed by atoms with van der Waals surface area (Å²) in [5.74, 6) is 1.44. The highest BCUT2D eigenvalue weighted by atomic mass is 16.5. The average molecular weight is 394 g/mol. The summed E-state index contributed by atoms with van der Waals surface area (Å²) >= 11 is 0. The molecule has 0 radical (unpaired) electrons. The highest BCUT2D eigenvalue weighted by molar-refractivity contribution is 6.04. The number of fused-ring (bicyclic) bond motifs is 2. The van der Waals surface area contributed by atoms with Crippen LogP contribution in [0.3, 0.4) is 0 Å². The van der Waals surface area contributed by atoms with Gasteiger partial charge in [0.2, 0.25) is 0 Å². The topological polar surface area (TPSA) is 97.8 Å². The number of rotatable bonds is 1. The van der Waals surface area contributed by atoms with Crippen molar-refractivity contribution in [2.45, 2.75) is 40.3 Å². The van der Waals surface area contributed by atoms with Gasteiger partial charge in [-0.05, 0) is 51.0 Å². The zero-order valence-electron chi connectivity index (χ0n) is 17.2. The van der Waals surface area contributed by atoms with Gasteiger partial charge in [0, 0.05) is 24.8 Å². The first kappa shape index (κ1) is 19.0. The molecule has 3 heterocycles. The lowest BCUT2D eigenvalue weighted by Gasteiger charge is -2.26. The van der Waals surface area contributed by atoms with Gasteiger partial charge in [-0.2, -0.15) is 0 Å². The van der Waals surface area contributed by atoms with Gasteiger partial charge in [0.1, 0.15) is 23.2 Å². The Balaban J connectivity index is 1.90. The van der Waals surface area contributed by atoms with Gasteiger partial charge in [-0.3, -0.25) is 4.79 Å². The minimum absolute atomic E-state index is 0.161. The molecule has 1 atom stereocenters. The van der Waals surface area contributed by atoms with Gasteiger partial charge in [0.05, 0.1) is 6.54 Å². The maximum absolute atomic E-state index is 12.8. The van der Waals surface area contributed by atoms with Crippen LogP contribution < -0.4 is 20.7 Å². The predicted molar refractivity (Wildman–Crippen MR) is 112 cm³/mol. The zero-order chi connectivity index (χ0) is 20.7. The van der Waals surface area contributed by atoms with Crippen molar-refractivity contribution >= 4 is 23.2 Å². The number of nitrogens with zero attached hydrogens (tertiary/aromatic N) is 4. The summed E-state index contributed by atoms with van der Waals surface area (Å²) in [4.78, 5) is 19.7. The maximum atomic E-state index is 12.8. The Kier molecular flexibility index (Phi) is 4.77. The van der Waals surface area contributed by atoms with Crippen molar-refractivity contribution in [2.24, 2.45) is 0 Å². The lowest BCUT2D eigenvalue weighted by molar-refractivity contribution is 0.0934. The molecule has 8 heteroatoms. The van der Waals surface area contributed by atoms with E-state index in [0.29, 0.717) is 24.3 Å². The van der Waals surface area contributed by atoms with E-state index in [4.69, 9.17) is 15.5 Å². The van der Waals surface area contributed by atoms with Crippen molar-refractivity contribution in [1.29, 1.82) is 0 Å². The predicted octanol–water partition coefficient (Wildman–Crippen LogP) is 2.47. The Morgan fingerprint density at radius 2 is 2.10 bits per heavy atom. The summed E-state index contributed by atoms with van der Waals surface area (Å²) in [6.07, 6.45) is 1.58. The molecular weight excluding hydrogens is 368 g/mol. The van der Waals surface area contributed by atoms with Crippen LogP contribution >= 0.6 is 0 Å². The Morgan fingerprint density at radius 1 is 1.31 bits per heavy atom. The number of amides is 1. The molecule has 1 amide bonds. The molecule has 0 aliphatic carbocycles. The van der Waals surface area contributed by atoms with Crippen molar-refractivity contribution in [1.82, 2.24) is 19.9 Å². The molecule has 0 unspecified atom stereocenters. The van der Waals surface area contributed by atoms with Crippen LogP contribution in [0.15, 0.2) is 24.4 Å². The zero-order valence-corrected chi connectivity index (χ0v) is 17.2. The highest BCUT2D eigenvalue weighted by Gasteiger charge is 2.23. The summed E-state index contributed by atoms with van der Waals surface area (Å²) in [6.45, 7) is 9.97. The molecule has 152 valence electrons. The van der Waals surface area contributed by atoms with E-state index in [-0.39, 0.29) is 17.8 Å². The molecule has 3 N–H and O–H groups in total. The van der Waals surface area contributed by atoms with Gasteiger partial charge < -0.3 is 20.7 Å². The first-order chi connectivity index (χ1) is 13.9. The maximum Gasteiger partial charge on any atom is 0.259 e. The molecule has 2 aromatic heterocycles. The molecule has 0 saturated carbocycles. The molecule has 0 spiro atoms. The molecule has 0 saturated heterocycles. The second-order valence-corrected chi connectivity index (χ2v) is 7.45. The molecule has 0 fully saturated rings. The SMILES string of the molecule is CCN1Cc2c(ccc(C)c2C)O[C@@H](C)CNC(=O)c2c(N)nn3ccc1nc23. The normalized spacial score (nSPS) is 17.2. The number of aromatic nitrogens is 3. The summed E-state index contributed by atoms with van der Waals surface area (Å²) in [5.41, 5.74) is 10.3. The van der Waals surface area contributed by atoms with Crippen molar-refractivity contribution in [3.8, 4) is 5.75 Å². The molecular formula is C21H26N6O2. The fourth-order valence-corrected chi connectivity index (χ4v) is 3.62. The summed E-state index contributed by atoms with van der Waals surface area (Å²) in [6, 6.07) is 5.96. The number of aryl methyl sites for hydroxylation is 1. The Hall–Kier alpha value is -3.29. The lowest BCUT2D eigenvalue weighted by Crippen LogP contribution is -2.34. The minimum atomic E-state index is -0.305. The van der Waals surface area contributed by atoms with E-state index in [0.717, 1.165) is 23.7 Å². The first-order valence-electron chi connectivity index (χ1n) is 9.82. The molecule has 1 aliphatic heterocycles. The molecule has 2 bridgehead atoms. The van der Waals surface area contributed by atoms with E-state index in [1.165, 1.54) is 11.1 Å². The Labute approximate surface area is 169 Å². The molecule has 29 heavy (non-hydrogen) atoms. The molecule has 4 rings (SSSR count). The number of carbonyl (C=O) groups excluding carboxylic acids is 1. The molecule has 3 aromatic rings. The van der Waals surface area contributed by atoms with Crippen molar-refractivity contribution in [3.05, 3.63) is 46.6 Å². The van der Waals surface area contributed by atoms with Crippen LogP contribution in [-0.2, 0) is 6.54 Å². The van der Waals surface area contributed by atoms with Crippen molar-refractivity contribution in [3.63, 3.8) is 0 Å². The quantitative estimate of drug-likeness (QED) is 0.658. The van der Waals surface area contributed by atoms with Crippen LogP contribution in [0.25, 0.3) is 5.65 Å². The van der Waals surface area contributed by atoms with Crippen LogP contribution in [0.1, 0.15) is 40.9 Å². The van der Waals surface area contributed by atoms with E-state index >= 15 is 0 Å². The number of benzene rings is 1. The minimum Gasteiger partial charge on any atom is -0.489 e. The number of carbonyl (C=O) groups is 1. The standard InChI is InChI=1S/C21H26N6O2/c1-5-26-11-15-14(4)12(2)6-7-16(15)29-13(3)10-23-21(28)18-19(22)25-27-9-8-17(26)24-20(18)27/h6-9,13H,5,10-11H2,1-4H3,(H2,22,25)(H,23,28)/t13-/m0/s1. The van der Waals surface area contributed by atoms with Gasteiger partial charge in [0.25, 0.3) is 5.91 Å². The van der Waals surface area contributed by atoms with Gasteiger partial charge in [-0.1, -0.05) is 6.07 Å². The molecule has 1 aromatic carbocycles. The summed E-state index contributed by atoms with van der Waals surface area (Å²) in [5, 5.41) is 7.13. The van der Waals surface area contributed by atoms with E-state index in [1.54, 1.807) is 10.7 Å². The summed E-state index contributed by atoms with van der Waals surface area (Å²) in [7, 11) is 0. The number of anilines is 2. The molecule has 8 nitrogen and oxygen atoms in total. The second-order valence-electron chi connectivity index (χ2n) is 7.45. The third-order valence-electron chi connectivity index (χ3n) is 5.48. The fourth-order valence-electron chi connectivity index (χ4n) is 3.62. The lowest BCUT2D eigenvalue weighted by atomic mass is 10.0. The largest absolute Gasteiger partial charge is 0.489 e. The average Bonchev–Trinajstić information content (AvgIpc) is 3.03. The second kappa shape index (κ2) is 7.27. The highest BCUT2D eigenvalue weighted by Crippen LogP contribution is 2.29. The summed E-state index contributed by atoms with van der Waals surface area (Å²) < 4.78 is 7.76. The van der Waals surface area contributed by atoms with Gasteiger partial charge in [-0.25, -0.2) is 9.50 Å². The number of ether oxygens (including phenoxy) is 1. The Morgan fingerprint density at radius 3 is 2.86 bits per heavy atom. The van der Waals surface area contributed by atoms with Crippen LogP contribution in [0, 0.1) is 13.8 Å². The van der Waals surface area contributed by atoms with Gasteiger partial charge >= 0.3 is 0 Å². The molecule has 1 aliphatic rings. The van der Waals surface area contributed by atoms with E-state index in [9.17, 15) is 4.79 Å². The first-order valence-corrected chi connectivity index (χ1v) is 9.82. The number of nitrogens with one attached hydrogen (secondary N) is 1.